The zero-order valence-electron chi connectivity index (χ0n) is 11.9. The number of aromatic hydroxyl groups is 1. The third kappa shape index (κ3) is 3.85. The molecule has 0 radical (unpaired) electrons. The predicted octanol–water partition coefficient (Wildman–Crippen LogP) is 1.97. The lowest BCUT2D eigenvalue weighted by molar-refractivity contribution is 0.206. The molecule has 1 aromatic carbocycles. The van der Waals surface area contributed by atoms with E-state index in [4.69, 9.17) is 4.74 Å². The quantitative estimate of drug-likeness (QED) is 0.853. The number of phenolic OH excluding ortho intramolecular Hbond substituents is 1. The molecule has 106 valence electrons. The molecule has 0 bridgehead atoms. The summed E-state index contributed by atoms with van der Waals surface area (Å²) in [5, 5.41) is 13.3. The van der Waals surface area contributed by atoms with E-state index in [0.717, 1.165) is 18.7 Å². The van der Waals surface area contributed by atoms with Crippen LogP contribution in [0.25, 0.3) is 0 Å². The molecule has 0 spiro atoms. The Bertz CT molecular complexity index is 401. The highest BCUT2D eigenvalue weighted by Crippen LogP contribution is 2.26. The highest BCUT2D eigenvalue weighted by molar-refractivity contribution is 5.41. The van der Waals surface area contributed by atoms with Gasteiger partial charge in [0.05, 0.1) is 7.11 Å². The van der Waals surface area contributed by atoms with E-state index >= 15 is 0 Å². The fourth-order valence-corrected chi connectivity index (χ4v) is 2.56. The van der Waals surface area contributed by atoms with Crippen LogP contribution in [0, 0.1) is 0 Å². The average Bonchev–Trinajstić information content (AvgIpc) is 2.46. The summed E-state index contributed by atoms with van der Waals surface area (Å²) >= 11 is 0. The maximum absolute atomic E-state index is 9.74. The molecule has 1 aliphatic rings. The summed E-state index contributed by atoms with van der Waals surface area (Å²) in [7, 11) is 1.56. The fourth-order valence-electron chi connectivity index (χ4n) is 2.56. The van der Waals surface area contributed by atoms with Gasteiger partial charge in [0.1, 0.15) is 0 Å². The zero-order valence-corrected chi connectivity index (χ0v) is 11.9. The molecule has 1 aromatic rings. The SMILES string of the molecule is CCN1CCC(NCc2ccc(OC)c(O)c2)CC1. The minimum atomic E-state index is 0.211. The van der Waals surface area contributed by atoms with Crippen LogP contribution in [0.5, 0.6) is 11.5 Å². The third-order valence-corrected chi connectivity index (χ3v) is 3.87. The number of methoxy groups -OCH3 is 1. The van der Waals surface area contributed by atoms with Crippen molar-refractivity contribution in [1.82, 2.24) is 10.2 Å². The van der Waals surface area contributed by atoms with Gasteiger partial charge >= 0.3 is 0 Å². The Balaban J connectivity index is 1.81. The lowest BCUT2D eigenvalue weighted by Gasteiger charge is -2.31. The van der Waals surface area contributed by atoms with Gasteiger partial charge in [-0.25, -0.2) is 0 Å². The zero-order chi connectivity index (χ0) is 13.7. The number of nitrogens with zero attached hydrogens (tertiary/aromatic N) is 1. The molecule has 0 aromatic heterocycles. The second-order valence-electron chi connectivity index (χ2n) is 5.10. The molecule has 1 heterocycles. The second-order valence-corrected chi connectivity index (χ2v) is 5.10. The second kappa shape index (κ2) is 6.78. The molecule has 0 aliphatic carbocycles. The summed E-state index contributed by atoms with van der Waals surface area (Å²) in [6.07, 6.45) is 2.41. The van der Waals surface area contributed by atoms with Crippen LogP contribution in [-0.2, 0) is 6.54 Å². The van der Waals surface area contributed by atoms with Gasteiger partial charge in [0.15, 0.2) is 11.5 Å². The Morgan fingerprint density at radius 3 is 2.68 bits per heavy atom. The fraction of sp³-hybridized carbons (Fsp3) is 0.600. The van der Waals surface area contributed by atoms with Crippen molar-refractivity contribution in [2.75, 3.05) is 26.7 Å². The van der Waals surface area contributed by atoms with Crippen LogP contribution >= 0.6 is 0 Å². The van der Waals surface area contributed by atoms with Crippen molar-refractivity contribution in [3.63, 3.8) is 0 Å². The molecule has 0 saturated carbocycles. The van der Waals surface area contributed by atoms with Gasteiger partial charge in [-0.1, -0.05) is 13.0 Å². The van der Waals surface area contributed by atoms with Crippen LogP contribution < -0.4 is 10.1 Å². The Morgan fingerprint density at radius 1 is 1.37 bits per heavy atom. The van der Waals surface area contributed by atoms with Gasteiger partial charge in [0.25, 0.3) is 0 Å². The summed E-state index contributed by atoms with van der Waals surface area (Å²) in [6, 6.07) is 6.17. The van der Waals surface area contributed by atoms with Crippen LogP contribution in [0.3, 0.4) is 0 Å². The molecule has 2 N–H and O–H groups in total. The molecule has 2 rings (SSSR count). The van der Waals surface area contributed by atoms with Gasteiger partial charge in [-0.3, -0.25) is 0 Å². The predicted molar refractivity (Wildman–Crippen MR) is 76.6 cm³/mol. The number of nitrogens with one attached hydrogen (secondary N) is 1. The van der Waals surface area contributed by atoms with Crippen molar-refractivity contribution in [1.29, 1.82) is 0 Å². The van der Waals surface area contributed by atoms with Crippen molar-refractivity contribution in [3.05, 3.63) is 23.8 Å². The summed E-state index contributed by atoms with van der Waals surface area (Å²) < 4.78 is 5.04. The van der Waals surface area contributed by atoms with Crippen LogP contribution in [0.4, 0.5) is 0 Å². The molecule has 0 amide bonds. The summed E-state index contributed by atoms with van der Waals surface area (Å²) in [4.78, 5) is 2.48. The van der Waals surface area contributed by atoms with E-state index in [0.29, 0.717) is 11.8 Å². The smallest absolute Gasteiger partial charge is 0.160 e. The minimum absolute atomic E-state index is 0.211. The molecular weight excluding hydrogens is 240 g/mol. The van der Waals surface area contributed by atoms with Gasteiger partial charge in [-0.15, -0.1) is 0 Å². The minimum Gasteiger partial charge on any atom is -0.504 e. The monoisotopic (exact) mass is 264 g/mol. The number of hydrogen-bond acceptors (Lipinski definition) is 4. The highest BCUT2D eigenvalue weighted by atomic mass is 16.5. The Labute approximate surface area is 115 Å². The number of phenols is 1. The normalized spacial score (nSPS) is 17.6. The largest absolute Gasteiger partial charge is 0.504 e. The first-order chi connectivity index (χ1) is 9.22. The lowest BCUT2D eigenvalue weighted by Crippen LogP contribution is -2.42. The molecule has 4 heteroatoms. The molecule has 1 saturated heterocycles. The molecule has 0 unspecified atom stereocenters. The van der Waals surface area contributed by atoms with Gasteiger partial charge < -0.3 is 20.1 Å². The lowest BCUT2D eigenvalue weighted by atomic mass is 10.0. The summed E-state index contributed by atoms with van der Waals surface area (Å²) in [5.74, 6) is 0.739. The van der Waals surface area contributed by atoms with Crippen molar-refractivity contribution in [3.8, 4) is 11.5 Å². The van der Waals surface area contributed by atoms with Gasteiger partial charge in [-0.2, -0.15) is 0 Å². The van der Waals surface area contributed by atoms with Crippen molar-refractivity contribution in [2.45, 2.75) is 32.4 Å². The first-order valence-electron chi connectivity index (χ1n) is 7.04. The van der Waals surface area contributed by atoms with E-state index in [1.807, 2.05) is 12.1 Å². The van der Waals surface area contributed by atoms with Crippen LogP contribution in [0.15, 0.2) is 18.2 Å². The van der Waals surface area contributed by atoms with E-state index in [2.05, 4.69) is 17.1 Å². The molecule has 4 nitrogen and oxygen atoms in total. The number of piperidine rings is 1. The Hall–Kier alpha value is -1.26. The first kappa shape index (κ1) is 14.2. The van der Waals surface area contributed by atoms with Gasteiger partial charge in [0, 0.05) is 12.6 Å². The maximum Gasteiger partial charge on any atom is 0.160 e. The van der Waals surface area contributed by atoms with Crippen LogP contribution in [0.1, 0.15) is 25.3 Å². The Morgan fingerprint density at radius 2 is 2.11 bits per heavy atom. The van der Waals surface area contributed by atoms with Crippen LogP contribution in [0.2, 0.25) is 0 Å². The number of ether oxygens (including phenoxy) is 1. The topological polar surface area (TPSA) is 44.7 Å². The van der Waals surface area contributed by atoms with Gasteiger partial charge in [0.2, 0.25) is 0 Å². The van der Waals surface area contributed by atoms with E-state index in [1.165, 1.54) is 25.9 Å². The highest BCUT2D eigenvalue weighted by Gasteiger charge is 2.17. The number of likely N-dealkylation sites (tertiary alicyclic amines) is 1. The van der Waals surface area contributed by atoms with E-state index in [-0.39, 0.29) is 5.75 Å². The molecular formula is C15H24N2O2. The van der Waals surface area contributed by atoms with Crippen molar-refractivity contribution < 1.29 is 9.84 Å². The van der Waals surface area contributed by atoms with Gasteiger partial charge in [-0.05, 0) is 50.2 Å². The van der Waals surface area contributed by atoms with Crippen LogP contribution in [-0.4, -0.2) is 42.8 Å². The maximum atomic E-state index is 9.74. The van der Waals surface area contributed by atoms with Crippen molar-refractivity contribution >= 4 is 0 Å². The number of rotatable bonds is 5. The molecule has 1 aliphatic heterocycles. The first-order valence-corrected chi connectivity index (χ1v) is 7.04. The Kier molecular flexibility index (Phi) is 5.05. The molecule has 1 fully saturated rings. The third-order valence-electron chi connectivity index (χ3n) is 3.87. The number of hydrogen-bond donors (Lipinski definition) is 2. The van der Waals surface area contributed by atoms with E-state index in [9.17, 15) is 5.11 Å². The summed E-state index contributed by atoms with van der Waals surface area (Å²) in [6.45, 7) is 6.53. The van der Waals surface area contributed by atoms with E-state index in [1.54, 1.807) is 13.2 Å². The summed E-state index contributed by atoms with van der Waals surface area (Å²) in [5.41, 5.74) is 1.09. The number of benzene rings is 1. The standard InChI is InChI=1S/C15H24N2O2/c1-3-17-8-6-13(7-9-17)16-11-12-4-5-15(19-2)14(18)10-12/h4-5,10,13,16,18H,3,6-9,11H2,1-2H3. The molecule has 19 heavy (non-hydrogen) atoms. The average molecular weight is 264 g/mol. The van der Waals surface area contributed by atoms with E-state index < -0.39 is 0 Å². The van der Waals surface area contributed by atoms with Crippen molar-refractivity contribution in [2.24, 2.45) is 0 Å². The molecule has 0 atom stereocenters.